The van der Waals surface area contributed by atoms with Crippen molar-refractivity contribution in [2.75, 3.05) is 0 Å². The molecule has 0 amide bonds. The largest absolute Gasteiger partial charge is 0.332 e. The molecular formula is C7H10BrN3O. The summed E-state index contributed by atoms with van der Waals surface area (Å²) in [5.74, 6) is 0.292. The Balaban J connectivity index is 2.96. The Kier molecular flexibility index (Phi) is 3.40. The molecule has 0 saturated carbocycles. The quantitative estimate of drug-likeness (QED) is 0.591. The fourth-order valence-electron chi connectivity index (χ4n) is 1.04. The lowest BCUT2D eigenvalue weighted by Gasteiger charge is -2.02. The molecule has 0 radical (unpaired) electrons. The molecule has 0 atom stereocenters. The average molecular weight is 232 g/mol. The molecule has 66 valence electrons. The van der Waals surface area contributed by atoms with E-state index >= 15 is 0 Å². The van der Waals surface area contributed by atoms with Gasteiger partial charge in [0.2, 0.25) is 5.82 Å². The van der Waals surface area contributed by atoms with Crippen LogP contribution in [0.5, 0.6) is 0 Å². The highest BCUT2D eigenvalue weighted by atomic mass is 79.9. The van der Waals surface area contributed by atoms with Gasteiger partial charge in [0, 0.05) is 11.9 Å². The zero-order valence-electron chi connectivity index (χ0n) is 6.83. The lowest BCUT2D eigenvalue weighted by molar-refractivity contribution is 0.660. The molecule has 1 aromatic rings. The second-order valence-corrected chi connectivity index (χ2v) is 2.99. The van der Waals surface area contributed by atoms with Gasteiger partial charge in [-0.3, -0.25) is 0 Å². The van der Waals surface area contributed by atoms with Crippen LogP contribution in [0.15, 0.2) is 11.5 Å². The lowest BCUT2D eigenvalue weighted by atomic mass is 10.4. The minimum absolute atomic E-state index is 0.292. The van der Waals surface area contributed by atoms with Crippen molar-refractivity contribution in [1.82, 2.24) is 9.55 Å². The van der Waals surface area contributed by atoms with Gasteiger partial charge in [-0.2, -0.15) is 0 Å². The van der Waals surface area contributed by atoms with Crippen molar-refractivity contribution in [2.45, 2.75) is 25.2 Å². The van der Waals surface area contributed by atoms with E-state index in [4.69, 9.17) is 0 Å². The second-order valence-electron chi connectivity index (χ2n) is 2.43. The number of hydrogen-bond donors (Lipinski definition) is 0. The summed E-state index contributed by atoms with van der Waals surface area (Å²) in [6.07, 6.45) is 2.67. The first kappa shape index (κ1) is 9.38. The maximum absolute atomic E-state index is 10.3. The second kappa shape index (κ2) is 4.35. The van der Waals surface area contributed by atoms with Crippen molar-refractivity contribution in [1.29, 1.82) is 0 Å². The zero-order chi connectivity index (χ0) is 8.97. The molecule has 0 spiro atoms. The van der Waals surface area contributed by atoms with Crippen LogP contribution in [0, 0.1) is 4.91 Å². The van der Waals surface area contributed by atoms with Gasteiger partial charge in [0.1, 0.15) is 0 Å². The number of rotatable bonds is 4. The minimum atomic E-state index is 0.292. The van der Waals surface area contributed by atoms with E-state index in [1.807, 2.05) is 4.57 Å². The minimum Gasteiger partial charge on any atom is -0.332 e. The van der Waals surface area contributed by atoms with Gasteiger partial charge in [0.05, 0.1) is 12.0 Å². The lowest BCUT2D eigenvalue weighted by Crippen LogP contribution is -1.98. The van der Waals surface area contributed by atoms with Crippen LogP contribution in [0.2, 0.25) is 0 Å². The summed E-state index contributed by atoms with van der Waals surface area (Å²) in [5, 5.41) is 3.45. The van der Waals surface area contributed by atoms with Crippen LogP contribution >= 0.6 is 15.9 Å². The highest BCUT2D eigenvalue weighted by molar-refractivity contribution is 9.08. The third kappa shape index (κ3) is 1.72. The summed E-state index contributed by atoms with van der Waals surface area (Å²) in [6, 6.07) is 0. The summed E-state index contributed by atoms with van der Waals surface area (Å²) >= 11 is 3.29. The van der Waals surface area contributed by atoms with Gasteiger partial charge < -0.3 is 4.57 Å². The Bertz CT molecular complexity index is 272. The number of aryl methyl sites for hydroxylation is 1. The topological polar surface area (TPSA) is 47.2 Å². The van der Waals surface area contributed by atoms with E-state index in [-0.39, 0.29) is 0 Å². The third-order valence-corrected chi connectivity index (χ3v) is 2.13. The molecule has 0 unspecified atom stereocenters. The van der Waals surface area contributed by atoms with Crippen LogP contribution in [-0.2, 0) is 11.9 Å². The number of aromatic nitrogens is 2. The SMILES string of the molecule is CCCn1cnc(N=O)c1CBr. The molecule has 0 aliphatic carbocycles. The molecule has 0 saturated heterocycles. The predicted octanol–water partition coefficient (Wildman–Crippen LogP) is 2.59. The number of hydrogen-bond acceptors (Lipinski definition) is 3. The molecule has 0 fully saturated rings. The summed E-state index contributed by atoms with van der Waals surface area (Å²) in [6.45, 7) is 2.95. The Morgan fingerprint density at radius 3 is 3.00 bits per heavy atom. The molecule has 4 nitrogen and oxygen atoms in total. The van der Waals surface area contributed by atoms with Crippen molar-refractivity contribution in [3.05, 3.63) is 16.9 Å². The summed E-state index contributed by atoms with van der Waals surface area (Å²) in [4.78, 5) is 14.1. The maximum Gasteiger partial charge on any atom is 0.218 e. The molecule has 0 N–H and O–H groups in total. The third-order valence-electron chi connectivity index (χ3n) is 1.60. The fourth-order valence-corrected chi connectivity index (χ4v) is 1.62. The van der Waals surface area contributed by atoms with Crippen molar-refractivity contribution >= 4 is 21.7 Å². The monoisotopic (exact) mass is 231 g/mol. The van der Waals surface area contributed by atoms with Crippen LogP contribution < -0.4 is 0 Å². The molecule has 5 heteroatoms. The van der Waals surface area contributed by atoms with Gasteiger partial charge in [-0.15, -0.1) is 4.91 Å². The molecule has 12 heavy (non-hydrogen) atoms. The van der Waals surface area contributed by atoms with Gasteiger partial charge >= 0.3 is 0 Å². The summed E-state index contributed by atoms with van der Waals surface area (Å²) < 4.78 is 1.94. The van der Waals surface area contributed by atoms with E-state index in [1.54, 1.807) is 6.33 Å². The van der Waals surface area contributed by atoms with Crippen molar-refractivity contribution in [2.24, 2.45) is 5.18 Å². The van der Waals surface area contributed by atoms with E-state index in [0.29, 0.717) is 11.1 Å². The Labute approximate surface area is 79.1 Å². The fraction of sp³-hybridized carbons (Fsp3) is 0.571. The number of nitroso groups, excluding NO2 is 1. The van der Waals surface area contributed by atoms with Gasteiger partial charge in [0.25, 0.3) is 0 Å². The van der Waals surface area contributed by atoms with Crippen LogP contribution in [0.25, 0.3) is 0 Å². The normalized spacial score (nSPS) is 10.2. The van der Waals surface area contributed by atoms with Crippen molar-refractivity contribution < 1.29 is 0 Å². The smallest absolute Gasteiger partial charge is 0.218 e. The Morgan fingerprint density at radius 2 is 2.50 bits per heavy atom. The standard InChI is InChI=1S/C7H10BrN3O/c1-2-3-11-5-9-7(10-12)6(11)4-8/h5H,2-4H2,1H3. The molecule has 1 rings (SSSR count). The highest BCUT2D eigenvalue weighted by Crippen LogP contribution is 2.19. The van der Waals surface area contributed by atoms with Gasteiger partial charge in [-0.25, -0.2) is 4.98 Å². The van der Waals surface area contributed by atoms with Crippen LogP contribution in [0.3, 0.4) is 0 Å². The number of imidazole rings is 1. The highest BCUT2D eigenvalue weighted by Gasteiger charge is 2.08. The van der Waals surface area contributed by atoms with Crippen molar-refractivity contribution in [3.8, 4) is 0 Å². The summed E-state index contributed by atoms with van der Waals surface area (Å²) in [5.41, 5.74) is 0.854. The predicted molar refractivity (Wildman–Crippen MR) is 50.6 cm³/mol. The molecular weight excluding hydrogens is 222 g/mol. The molecule has 0 aliphatic rings. The number of nitrogens with zero attached hydrogens (tertiary/aromatic N) is 3. The van der Waals surface area contributed by atoms with Crippen LogP contribution in [0.1, 0.15) is 19.0 Å². The van der Waals surface area contributed by atoms with E-state index in [2.05, 4.69) is 33.0 Å². The van der Waals surface area contributed by atoms with E-state index in [1.165, 1.54) is 0 Å². The Hall–Kier alpha value is -0.710. The van der Waals surface area contributed by atoms with Gasteiger partial charge in [-0.1, -0.05) is 22.9 Å². The number of alkyl halides is 1. The van der Waals surface area contributed by atoms with Gasteiger partial charge in [0.15, 0.2) is 0 Å². The first-order chi connectivity index (χ1) is 5.83. The zero-order valence-corrected chi connectivity index (χ0v) is 8.41. The first-order valence-corrected chi connectivity index (χ1v) is 4.89. The van der Waals surface area contributed by atoms with E-state index < -0.39 is 0 Å². The van der Waals surface area contributed by atoms with E-state index in [0.717, 1.165) is 18.7 Å². The maximum atomic E-state index is 10.3. The average Bonchev–Trinajstić information content (AvgIpc) is 2.47. The molecule has 1 heterocycles. The molecule has 0 bridgehead atoms. The van der Waals surface area contributed by atoms with E-state index in [9.17, 15) is 4.91 Å². The Morgan fingerprint density at radius 1 is 1.75 bits per heavy atom. The molecule has 1 aromatic heterocycles. The first-order valence-electron chi connectivity index (χ1n) is 3.76. The van der Waals surface area contributed by atoms with Crippen LogP contribution in [-0.4, -0.2) is 9.55 Å². The molecule has 0 aromatic carbocycles. The van der Waals surface area contributed by atoms with Gasteiger partial charge in [-0.05, 0) is 11.6 Å². The number of halogens is 1. The van der Waals surface area contributed by atoms with Crippen molar-refractivity contribution in [3.63, 3.8) is 0 Å². The summed E-state index contributed by atoms with van der Waals surface area (Å²) in [7, 11) is 0. The molecule has 0 aliphatic heterocycles. The van der Waals surface area contributed by atoms with Crippen LogP contribution in [0.4, 0.5) is 5.82 Å².